The fourth-order valence-corrected chi connectivity index (χ4v) is 3.36. The Morgan fingerprint density at radius 1 is 0.960 bits per heavy atom. The lowest BCUT2D eigenvalue weighted by atomic mass is 10.2. The number of hydrogen-bond donors (Lipinski definition) is 2. The van der Waals surface area contributed by atoms with Crippen molar-refractivity contribution in [3.63, 3.8) is 0 Å². The van der Waals surface area contributed by atoms with Crippen molar-refractivity contribution in [2.24, 2.45) is 0 Å². The number of benzene rings is 2. The van der Waals surface area contributed by atoms with E-state index in [9.17, 15) is 8.42 Å². The molecule has 5 nitrogen and oxygen atoms in total. The Bertz CT molecular complexity index is 972. The zero-order valence-corrected chi connectivity index (χ0v) is 15.0. The molecule has 1 aromatic heterocycles. The fourth-order valence-electron chi connectivity index (χ4n) is 2.23. The monoisotopic (exact) mass is 373 g/mol. The van der Waals surface area contributed by atoms with Gasteiger partial charge in [-0.2, -0.15) is 0 Å². The first-order valence-electron chi connectivity index (χ1n) is 7.50. The Hall–Kier alpha value is -2.57. The number of nitrogens with zero attached hydrogens (tertiary/aromatic N) is 1. The maximum Gasteiger partial charge on any atom is 0.263 e. The molecule has 7 heteroatoms. The zero-order valence-electron chi connectivity index (χ0n) is 13.4. The fraction of sp³-hybridized carbons (Fsp3) is 0.0556. The van der Waals surface area contributed by atoms with Gasteiger partial charge in [0.2, 0.25) is 0 Å². The molecule has 1 heterocycles. The summed E-state index contributed by atoms with van der Waals surface area (Å²) >= 11 is 5.78. The highest BCUT2D eigenvalue weighted by atomic mass is 35.5. The maximum atomic E-state index is 12.3. The van der Waals surface area contributed by atoms with E-state index in [4.69, 9.17) is 11.6 Å². The van der Waals surface area contributed by atoms with Crippen LogP contribution in [-0.4, -0.2) is 13.4 Å². The van der Waals surface area contributed by atoms with Gasteiger partial charge in [-0.3, -0.25) is 4.72 Å². The van der Waals surface area contributed by atoms with Crippen LogP contribution in [0.5, 0.6) is 0 Å². The number of halogens is 1. The number of aromatic nitrogens is 1. The van der Waals surface area contributed by atoms with Crippen LogP contribution < -0.4 is 10.0 Å². The summed E-state index contributed by atoms with van der Waals surface area (Å²) in [5, 5.41) is 3.69. The van der Waals surface area contributed by atoms with Gasteiger partial charge in [0.15, 0.2) is 0 Å². The normalized spacial score (nSPS) is 11.1. The smallest absolute Gasteiger partial charge is 0.263 e. The molecule has 2 N–H and O–H groups in total. The number of rotatable bonds is 5. The number of sulfonamides is 1. The van der Waals surface area contributed by atoms with Crippen LogP contribution in [0.25, 0.3) is 0 Å². The first-order chi connectivity index (χ1) is 11.9. The Morgan fingerprint density at radius 3 is 2.36 bits per heavy atom. The van der Waals surface area contributed by atoms with Crippen molar-refractivity contribution in [1.29, 1.82) is 0 Å². The van der Waals surface area contributed by atoms with E-state index >= 15 is 0 Å². The highest BCUT2D eigenvalue weighted by Gasteiger charge is 2.14. The summed E-state index contributed by atoms with van der Waals surface area (Å²) in [5.41, 5.74) is 2.85. The predicted molar refractivity (Wildman–Crippen MR) is 101 cm³/mol. The van der Waals surface area contributed by atoms with Gasteiger partial charge in [0, 0.05) is 10.7 Å². The van der Waals surface area contributed by atoms with Gasteiger partial charge in [-0.25, -0.2) is 13.4 Å². The van der Waals surface area contributed by atoms with E-state index in [1.54, 1.807) is 18.3 Å². The van der Waals surface area contributed by atoms with Gasteiger partial charge in [-0.05, 0) is 61.0 Å². The predicted octanol–water partition coefficient (Wildman–Crippen LogP) is 4.59. The molecule has 2 aromatic carbocycles. The van der Waals surface area contributed by atoms with Gasteiger partial charge in [0.1, 0.15) is 5.82 Å². The molecular weight excluding hydrogens is 358 g/mol. The molecule has 0 aliphatic carbocycles. The largest absolute Gasteiger partial charge is 0.354 e. The van der Waals surface area contributed by atoms with Gasteiger partial charge in [0.05, 0.1) is 16.8 Å². The molecule has 0 aliphatic rings. The molecule has 0 spiro atoms. The summed E-state index contributed by atoms with van der Waals surface area (Å²) in [6, 6.07) is 17.2. The quantitative estimate of drug-likeness (QED) is 0.686. The number of nitrogens with one attached hydrogen (secondary N) is 2. The van der Waals surface area contributed by atoms with Crippen LogP contribution in [0.1, 0.15) is 5.56 Å². The lowest BCUT2D eigenvalue weighted by Gasteiger charge is -2.10. The highest BCUT2D eigenvalue weighted by molar-refractivity contribution is 7.92. The third-order valence-electron chi connectivity index (χ3n) is 3.43. The molecule has 3 aromatic rings. The minimum absolute atomic E-state index is 0.126. The second-order valence-electron chi connectivity index (χ2n) is 5.49. The Kier molecular flexibility index (Phi) is 4.92. The van der Waals surface area contributed by atoms with Gasteiger partial charge in [0.25, 0.3) is 10.0 Å². The van der Waals surface area contributed by atoms with Crippen molar-refractivity contribution < 1.29 is 8.42 Å². The minimum atomic E-state index is -3.70. The van der Waals surface area contributed by atoms with Crippen molar-refractivity contribution in [3.8, 4) is 0 Å². The summed E-state index contributed by atoms with van der Waals surface area (Å²) in [4.78, 5) is 4.27. The van der Waals surface area contributed by atoms with E-state index in [-0.39, 0.29) is 10.7 Å². The average Bonchev–Trinajstić information content (AvgIpc) is 2.57. The topological polar surface area (TPSA) is 71.1 Å². The molecule has 0 saturated carbocycles. The van der Waals surface area contributed by atoms with Crippen molar-refractivity contribution >= 4 is 38.8 Å². The third-order valence-corrected chi connectivity index (χ3v) is 5.06. The molecule has 0 amide bonds. The van der Waals surface area contributed by atoms with Gasteiger partial charge in [-0.1, -0.05) is 23.7 Å². The molecule has 0 unspecified atom stereocenters. The average molecular weight is 374 g/mol. The van der Waals surface area contributed by atoms with Crippen LogP contribution in [0.4, 0.5) is 17.2 Å². The van der Waals surface area contributed by atoms with E-state index in [2.05, 4.69) is 15.0 Å². The first-order valence-corrected chi connectivity index (χ1v) is 9.37. The Balaban J connectivity index is 1.73. The van der Waals surface area contributed by atoms with Gasteiger partial charge in [-0.15, -0.1) is 0 Å². The number of hydrogen-bond acceptors (Lipinski definition) is 4. The van der Waals surface area contributed by atoms with E-state index in [0.717, 1.165) is 16.9 Å². The van der Waals surface area contributed by atoms with E-state index < -0.39 is 10.0 Å². The lowest BCUT2D eigenvalue weighted by molar-refractivity contribution is 0.601. The summed E-state index contributed by atoms with van der Waals surface area (Å²) in [7, 11) is -3.70. The van der Waals surface area contributed by atoms with Crippen LogP contribution in [0.15, 0.2) is 71.8 Å². The summed E-state index contributed by atoms with van der Waals surface area (Å²) in [5.74, 6) is 0.241. The molecular formula is C18H16ClN3O2S. The van der Waals surface area contributed by atoms with Crippen LogP contribution in [0.2, 0.25) is 5.02 Å². The third kappa shape index (κ3) is 4.49. The molecule has 0 saturated heterocycles. The summed E-state index contributed by atoms with van der Waals surface area (Å²) < 4.78 is 27.1. The molecule has 0 fully saturated rings. The van der Waals surface area contributed by atoms with Crippen LogP contribution >= 0.6 is 11.6 Å². The van der Waals surface area contributed by atoms with E-state index in [0.29, 0.717) is 5.02 Å². The van der Waals surface area contributed by atoms with Gasteiger partial charge < -0.3 is 5.32 Å². The Morgan fingerprint density at radius 2 is 1.72 bits per heavy atom. The number of pyridine rings is 1. The summed E-state index contributed by atoms with van der Waals surface area (Å²) in [6.07, 6.45) is 1.57. The maximum absolute atomic E-state index is 12.3. The molecule has 128 valence electrons. The number of anilines is 3. The van der Waals surface area contributed by atoms with Crippen molar-refractivity contribution in [2.75, 3.05) is 10.0 Å². The molecule has 0 bridgehead atoms. The highest BCUT2D eigenvalue weighted by Crippen LogP contribution is 2.20. The molecule has 0 radical (unpaired) electrons. The van der Waals surface area contributed by atoms with Crippen LogP contribution in [-0.2, 0) is 10.0 Å². The van der Waals surface area contributed by atoms with Crippen molar-refractivity contribution in [1.82, 2.24) is 4.98 Å². The second kappa shape index (κ2) is 7.13. The molecule has 3 rings (SSSR count). The SMILES string of the molecule is Cc1cccc(Nc2ccc(NS(=O)(=O)c3ccc(Cl)cc3)nc2)c1. The minimum Gasteiger partial charge on any atom is -0.354 e. The van der Waals surface area contributed by atoms with Crippen LogP contribution in [0.3, 0.4) is 0 Å². The zero-order chi connectivity index (χ0) is 17.9. The lowest BCUT2D eigenvalue weighted by Crippen LogP contribution is -2.13. The van der Waals surface area contributed by atoms with Gasteiger partial charge >= 0.3 is 0 Å². The molecule has 0 aliphatic heterocycles. The number of aryl methyl sites for hydroxylation is 1. The molecule has 25 heavy (non-hydrogen) atoms. The molecule has 0 atom stereocenters. The Labute approximate surface area is 151 Å². The summed E-state index contributed by atoms with van der Waals surface area (Å²) in [6.45, 7) is 2.01. The van der Waals surface area contributed by atoms with E-state index in [1.807, 2.05) is 31.2 Å². The van der Waals surface area contributed by atoms with Crippen molar-refractivity contribution in [2.45, 2.75) is 11.8 Å². The van der Waals surface area contributed by atoms with E-state index in [1.165, 1.54) is 24.3 Å². The second-order valence-corrected chi connectivity index (χ2v) is 7.60. The standard InChI is InChI=1S/C18H16ClN3O2S/c1-13-3-2-4-15(11-13)21-16-7-10-18(20-12-16)22-25(23,24)17-8-5-14(19)6-9-17/h2-12,21H,1H3,(H,20,22). The first kappa shape index (κ1) is 17.3. The van der Waals surface area contributed by atoms with Crippen LogP contribution in [0, 0.1) is 6.92 Å². The van der Waals surface area contributed by atoms with Crippen molar-refractivity contribution in [3.05, 3.63) is 77.4 Å².